The summed E-state index contributed by atoms with van der Waals surface area (Å²) in [6.45, 7) is 2.97. The molecule has 29 valence electrons. The summed E-state index contributed by atoms with van der Waals surface area (Å²) in [6.07, 6.45) is 1.52. The zero-order chi connectivity index (χ0) is 5.21. The molecule has 1 nitrogen and oxygen atoms in total. The van der Waals surface area contributed by atoms with E-state index in [1.54, 1.807) is 0 Å². The van der Waals surface area contributed by atoms with Crippen LogP contribution in [0.2, 0.25) is 0 Å². The lowest BCUT2D eigenvalue weighted by Crippen LogP contribution is -1.82. The third-order valence-corrected chi connectivity index (χ3v) is 0.204. The Morgan fingerprint density at radius 2 is 2.20 bits per heavy atom. The van der Waals surface area contributed by atoms with Crippen molar-refractivity contribution in [2.45, 2.75) is 13.8 Å². The smallest absolute Gasteiger partial charge is 0.201 e. The highest BCUT2D eigenvalue weighted by molar-refractivity contribution is 5.52. The van der Waals surface area contributed by atoms with Crippen LogP contribution >= 0.6 is 0 Å². The van der Waals surface area contributed by atoms with Gasteiger partial charge in [-0.25, -0.2) is 0 Å². The van der Waals surface area contributed by atoms with E-state index in [1.165, 1.54) is 20.1 Å². The van der Waals surface area contributed by atoms with E-state index in [0.717, 1.165) is 0 Å². The molecule has 1 heteroatoms. The maximum absolute atomic E-state index is 9.51. The van der Waals surface area contributed by atoms with Gasteiger partial charge < -0.3 is 0 Å². The van der Waals surface area contributed by atoms with Gasteiger partial charge >= 0.3 is 0 Å². The standard InChI is InChI=1S/C4H7O/c1-4(2)3-5/h4H,1-2H3/i4D. The molecule has 0 aliphatic rings. The van der Waals surface area contributed by atoms with Gasteiger partial charge in [-0.3, -0.25) is 4.79 Å². The summed E-state index contributed by atoms with van der Waals surface area (Å²) in [5.74, 6) is -1.01. The van der Waals surface area contributed by atoms with Gasteiger partial charge in [0.05, 0.1) is 0 Å². The molecule has 0 atom stereocenters. The molecule has 0 unspecified atom stereocenters. The van der Waals surface area contributed by atoms with Crippen LogP contribution in [0, 0.1) is 5.89 Å². The summed E-state index contributed by atoms with van der Waals surface area (Å²) in [5, 5.41) is 0. The van der Waals surface area contributed by atoms with Crippen molar-refractivity contribution in [3.05, 3.63) is 0 Å². The molecule has 0 aromatic rings. The van der Waals surface area contributed by atoms with Gasteiger partial charge in [0, 0.05) is 7.26 Å². The first-order chi connectivity index (χ1) is 2.56. The maximum atomic E-state index is 9.51. The number of carbonyl (C=O) groups excluding carboxylic acids is 1. The monoisotopic (exact) mass is 72.1 g/mol. The average molecular weight is 72.1 g/mol. The average Bonchev–Trinajstić information content (AvgIpc) is 1.35. The first kappa shape index (κ1) is 2.88. The van der Waals surface area contributed by atoms with Crippen LogP contribution in [-0.4, -0.2) is 6.29 Å². The second kappa shape index (κ2) is 1.94. The normalized spacial score (nSPS) is 13.6. The first-order valence-electron chi connectivity index (χ1n) is 1.95. The predicted molar refractivity (Wildman–Crippen MR) is 20.5 cm³/mol. The molecule has 0 amide bonds. The fraction of sp³-hybridized carbons (Fsp3) is 0.750. The molecule has 0 aliphatic heterocycles. The first-order valence-corrected chi connectivity index (χ1v) is 1.45. The third-order valence-electron chi connectivity index (χ3n) is 0.204. The Labute approximate surface area is 33.4 Å². The molecule has 0 aliphatic carbocycles. The molecular weight excluding hydrogens is 64.0 g/mol. The van der Waals surface area contributed by atoms with Crippen molar-refractivity contribution in [1.82, 2.24) is 0 Å². The fourth-order valence-corrected chi connectivity index (χ4v) is 0. The minimum atomic E-state index is -1.01. The largest absolute Gasteiger partial charge is 0.291 e. The van der Waals surface area contributed by atoms with Crippen molar-refractivity contribution in [3.8, 4) is 0 Å². The Kier molecular flexibility index (Phi) is 1.12. The van der Waals surface area contributed by atoms with Crippen molar-refractivity contribution in [1.29, 1.82) is 0 Å². The van der Waals surface area contributed by atoms with Gasteiger partial charge in [-0.15, -0.1) is 0 Å². The van der Waals surface area contributed by atoms with Crippen molar-refractivity contribution in [2.24, 2.45) is 5.89 Å². The minimum Gasteiger partial charge on any atom is -0.291 e. The van der Waals surface area contributed by atoms with E-state index in [1.807, 2.05) is 0 Å². The highest BCUT2D eigenvalue weighted by Gasteiger charge is 1.82. The molecule has 0 aromatic heterocycles. The zero-order valence-corrected chi connectivity index (χ0v) is 3.41. The molecule has 0 spiro atoms. The van der Waals surface area contributed by atoms with Gasteiger partial charge in [-0.05, 0) is 0 Å². The molecule has 0 heterocycles. The van der Waals surface area contributed by atoms with Gasteiger partial charge in [0.15, 0.2) is 0 Å². The van der Waals surface area contributed by atoms with E-state index in [2.05, 4.69) is 0 Å². The summed E-state index contributed by atoms with van der Waals surface area (Å²) < 4.78 is 6.76. The van der Waals surface area contributed by atoms with Crippen LogP contribution in [0.4, 0.5) is 0 Å². The molecule has 0 aromatic carbocycles. The van der Waals surface area contributed by atoms with Gasteiger partial charge in [-0.2, -0.15) is 0 Å². The lowest BCUT2D eigenvalue weighted by atomic mass is 10.3. The van der Waals surface area contributed by atoms with Crippen molar-refractivity contribution < 1.29 is 6.17 Å². The molecule has 0 bridgehead atoms. The molecule has 5 heavy (non-hydrogen) atoms. The van der Waals surface area contributed by atoms with E-state index in [9.17, 15) is 4.79 Å². The molecule has 0 saturated heterocycles. The van der Waals surface area contributed by atoms with Gasteiger partial charge in [-0.1, -0.05) is 13.8 Å². The highest BCUT2D eigenvalue weighted by atomic mass is 16.1. The highest BCUT2D eigenvalue weighted by Crippen LogP contribution is 1.78. The lowest BCUT2D eigenvalue weighted by Gasteiger charge is -1.76. The van der Waals surface area contributed by atoms with E-state index >= 15 is 0 Å². The molecular formula is C4H7O. The Morgan fingerprint density at radius 3 is 2.20 bits per heavy atom. The van der Waals surface area contributed by atoms with E-state index in [4.69, 9.17) is 1.37 Å². The lowest BCUT2D eigenvalue weighted by molar-refractivity contribution is 0.537. The SMILES string of the molecule is [2H]C(C)(C)[C]=O. The summed E-state index contributed by atoms with van der Waals surface area (Å²) in [5.41, 5.74) is 0. The Balaban J connectivity index is 3.45. The molecule has 0 fully saturated rings. The van der Waals surface area contributed by atoms with Crippen molar-refractivity contribution in [2.75, 3.05) is 0 Å². The van der Waals surface area contributed by atoms with Gasteiger partial charge in [0.25, 0.3) is 0 Å². The predicted octanol–water partition coefficient (Wildman–Crippen LogP) is 0.752. The molecule has 0 rings (SSSR count). The van der Waals surface area contributed by atoms with Gasteiger partial charge in [0.2, 0.25) is 6.29 Å². The fourth-order valence-electron chi connectivity index (χ4n) is 0. The van der Waals surface area contributed by atoms with Crippen molar-refractivity contribution >= 4 is 6.29 Å². The van der Waals surface area contributed by atoms with Crippen LogP contribution in [0.1, 0.15) is 15.2 Å². The van der Waals surface area contributed by atoms with Crippen LogP contribution in [-0.2, 0) is 4.79 Å². The molecule has 1 radical (unpaired) electrons. The summed E-state index contributed by atoms with van der Waals surface area (Å²) in [4.78, 5) is 9.51. The van der Waals surface area contributed by atoms with E-state index in [-0.39, 0.29) is 0 Å². The Bertz CT molecular complexity index is 53.1. The Morgan fingerprint density at radius 1 is 2.00 bits per heavy atom. The van der Waals surface area contributed by atoms with E-state index < -0.39 is 5.89 Å². The summed E-state index contributed by atoms with van der Waals surface area (Å²) >= 11 is 0. The second-order valence-electron chi connectivity index (χ2n) is 1.10. The topological polar surface area (TPSA) is 17.1 Å². The van der Waals surface area contributed by atoms with Gasteiger partial charge in [0.1, 0.15) is 0 Å². The van der Waals surface area contributed by atoms with Crippen LogP contribution in [0.5, 0.6) is 0 Å². The maximum Gasteiger partial charge on any atom is 0.201 e. The quantitative estimate of drug-likeness (QED) is 0.446. The van der Waals surface area contributed by atoms with Crippen LogP contribution in [0.3, 0.4) is 0 Å². The molecule has 0 saturated carbocycles. The number of rotatable bonds is 1. The zero-order valence-electron chi connectivity index (χ0n) is 4.41. The Hall–Kier alpha value is -0.330. The third kappa shape index (κ3) is 3.67. The second-order valence-corrected chi connectivity index (χ2v) is 1.10. The number of hydrogen-bond donors (Lipinski definition) is 0. The summed E-state index contributed by atoms with van der Waals surface area (Å²) in [7, 11) is 0. The summed E-state index contributed by atoms with van der Waals surface area (Å²) in [6, 6.07) is 0. The number of hydrogen-bond acceptors (Lipinski definition) is 1. The minimum absolute atomic E-state index is 1.01. The van der Waals surface area contributed by atoms with Crippen molar-refractivity contribution in [3.63, 3.8) is 0 Å². The van der Waals surface area contributed by atoms with Crippen LogP contribution in [0.25, 0.3) is 0 Å². The van der Waals surface area contributed by atoms with E-state index in [0.29, 0.717) is 0 Å². The van der Waals surface area contributed by atoms with Crippen LogP contribution < -0.4 is 0 Å². The van der Waals surface area contributed by atoms with Crippen LogP contribution in [0.15, 0.2) is 0 Å². The molecule has 0 N–H and O–H groups in total.